The molecule has 3 nitrogen and oxygen atoms in total. The van der Waals surface area contributed by atoms with Gasteiger partial charge in [-0.25, -0.2) is 4.39 Å². The fourth-order valence-electron chi connectivity index (χ4n) is 1.90. The molecule has 94 valence electrons. The maximum atomic E-state index is 13.4. The molecule has 0 atom stereocenters. The van der Waals surface area contributed by atoms with Crippen LogP contribution >= 0.6 is 11.6 Å². The van der Waals surface area contributed by atoms with Gasteiger partial charge < -0.3 is 4.57 Å². The number of carbonyl (C=O) groups is 1. The largest absolute Gasteiger partial charge is 0.347 e. The van der Waals surface area contributed by atoms with Crippen LogP contribution in [0.2, 0.25) is 5.02 Å². The number of aromatic nitrogens is 1. The van der Waals surface area contributed by atoms with Gasteiger partial charge in [-0.3, -0.25) is 9.59 Å². The second-order valence-electron chi connectivity index (χ2n) is 4.00. The molecule has 0 bridgehead atoms. The van der Waals surface area contributed by atoms with E-state index in [1.54, 1.807) is 4.57 Å². The van der Waals surface area contributed by atoms with Crippen LogP contribution in [0.15, 0.2) is 23.1 Å². The zero-order valence-corrected chi connectivity index (χ0v) is 10.7. The summed E-state index contributed by atoms with van der Waals surface area (Å²) in [6.07, 6.45) is 1.49. The summed E-state index contributed by atoms with van der Waals surface area (Å²) in [7, 11) is 0. The second-order valence-corrected chi connectivity index (χ2v) is 4.40. The van der Waals surface area contributed by atoms with Crippen molar-refractivity contribution >= 4 is 28.3 Å². The average Bonchev–Trinajstić information content (AvgIpc) is 2.32. The Balaban J connectivity index is 2.99. The highest BCUT2D eigenvalue weighted by molar-refractivity contribution is 6.31. The SMILES string of the molecule is CCn1cc(C(C)=O)c(=O)c2cc(F)c(Cl)cc21. The smallest absolute Gasteiger partial charge is 0.200 e. The predicted molar refractivity (Wildman–Crippen MR) is 68.9 cm³/mol. The van der Waals surface area contributed by atoms with Crippen LogP contribution < -0.4 is 5.43 Å². The normalized spacial score (nSPS) is 10.9. The van der Waals surface area contributed by atoms with Crippen molar-refractivity contribution in [3.63, 3.8) is 0 Å². The Morgan fingerprint density at radius 2 is 2.11 bits per heavy atom. The number of fused-ring (bicyclic) bond motifs is 1. The van der Waals surface area contributed by atoms with Crippen molar-refractivity contribution in [2.75, 3.05) is 0 Å². The lowest BCUT2D eigenvalue weighted by molar-refractivity contribution is 0.101. The zero-order chi connectivity index (χ0) is 13.4. The summed E-state index contributed by atoms with van der Waals surface area (Å²) in [4.78, 5) is 23.5. The molecule has 0 saturated carbocycles. The maximum Gasteiger partial charge on any atom is 0.200 e. The molecule has 1 aromatic carbocycles. The summed E-state index contributed by atoms with van der Waals surface area (Å²) in [6.45, 7) is 3.74. The van der Waals surface area contributed by atoms with Gasteiger partial charge in [0, 0.05) is 18.1 Å². The van der Waals surface area contributed by atoms with Crippen LogP contribution in [0.3, 0.4) is 0 Å². The van der Waals surface area contributed by atoms with Crippen molar-refractivity contribution in [3.05, 3.63) is 45.0 Å². The van der Waals surface area contributed by atoms with Crippen LogP contribution in [-0.4, -0.2) is 10.4 Å². The summed E-state index contributed by atoms with van der Waals surface area (Å²) in [5.74, 6) is -0.996. The van der Waals surface area contributed by atoms with Crippen molar-refractivity contribution in [2.24, 2.45) is 0 Å². The van der Waals surface area contributed by atoms with Gasteiger partial charge in [-0.1, -0.05) is 11.6 Å². The number of hydrogen-bond donors (Lipinski definition) is 0. The molecule has 0 fully saturated rings. The Morgan fingerprint density at radius 3 is 2.67 bits per heavy atom. The van der Waals surface area contributed by atoms with E-state index in [9.17, 15) is 14.0 Å². The van der Waals surface area contributed by atoms with Crippen molar-refractivity contribution in [2.45, 2.75) is 20.4 Å². The molecule has 1 heterocycles. The van der Waals surface area contributed by atoms with Crippen molar-refractivity contribution in [1.29, 1.82) is 0 Å². The molecular formula is C13H11ClFNO2. The lowest BCUT2D eigenvalue weighted by atomic mass is 10.1. The Kier molecular flexibility index (Phi) is 3.22. The summed E-state index contributed by atoms with van der Waals surface area (Å²) in [5.41, 5.74) is 0.128. The van der Waals surface area contributed by atoms with Gasteiger partial charge in [-0.15, -0.1) is 0 Å². The molecular weight excluding hydrogens is 257 g/mol. The average molecular weight is 268 g/mol. The molecule has 2 aromatic rings. The highest BCUT2D eigenvalue weighted by Crippen LogP contribution is 2.21. The van der Waals surface area contributed by atoms with E-state index < -0.39 is 11.2 Å². The van der Waals surface area contributed by atoms with Crippen molar-refractivity contribution in [1.82, 2.24) is 4.57 Å². The Morgan fingerprint density at radius 1 is 1.44 bits per heavy atom. The monoisotopic (exact) mass is 267 g/mol. The topological polar surface area (TPSA) is 39.1 Å². The Labute approximate surface area is 108 Å². The molecule has 2 rings (SSSR count). The summed E-state index contributed by atoms with van der Waals surface area (Å²) >= 11 is 5.71. The Hall–Kier alpha value is -1.68. The molecule has 0 N–H and O–H groups in total. The van der Waals surface area contributed by atoms with E-state index >= 15 is 0 Å². The number of nitrogens with zero attached hydrogens (tertiary/aromatic N) is 1. The third kappa shape index (κ3) is 1.93. The van der Waals surface area contributed by atoms with Crippen LogP contribution in [0.5, 0.6) is 0 Å². The van der Waals surface area contributed by atoms with E-state index in [1.807, 2.05) is 6.92 Å². The predicted octanol–water partition coefficient (Wildman–Crippen LogP) is 3.02. The zero-order valence-electron chi connectivity index (χ0n) is 9.96. The Bertz CT molecular complexity index is 706. The lowest BCUT2D eigenvalue weighted by Gasteiger charge is -2.11. The van der Waals surface area contributed by atoms with E-state index in [0.717, 1.165) is 6.07 Å². The standard InChI is InChI=1S/C13H11ClFNO2/c1-3-16-6-9(7(2)17)13(18)8-4-11(15)10(14)5-12(8)16/h4-6H,3H2,1-2H3. The van der Waals surface area contributed by atoms with Crippen LogP contribution in [0.1, 0.15) is 24.2 Å². The highest BCUT2D eigenvalue weighted by atomic mass is 35.5. The minimum Gasteiger partial charge on any atom is -0.347 e. The van der Waals surface area contributed by atoms with Crippen LogP contribution in [0, 0.1) is 5.82 Å². The number of halogens is 2. The van der Waals surface area contributed by atoms with Gasteiger partial charge in [0.15, 0.2) is 11.2 Å². The molecule has 18 heavy (non-hydrogen) atoms. The molecule has 0 saturated heterocycles. The fourth-order valence-corrected chi connectivity index (χ4v) is 2.06. The molecule has 0 amide bonds. The number of aryl methyl sites for hydroxylation is 1. The first-order valence-corrected chi connectivity index (χ1v) is 5.86. The van der Waals surface area contributed by atoms with Crippen LogP contribution in [0.25, 0.3) is 10.9 Å². The van der Waals surface area contributed by atoms with E-state index in [2.05, 4.69) is 0 Å². The first-order valence-electron chi connectivity index (χ1n) is 5.48. The number of benzene rings is 1. The quantitative estimate of drug-likeness (QED) is 0.785. The summed E-state index contributed by atoms with van der Waals surface area (Å²) in [6, 6.07) is 2.49. The van der Waals surface area contributed by atoms with Crippen molar-refractivity contribution < 1.29 is 9.18 Å². The van der Waals surface area contributed by atoms with Gasteiger partial charge in [0.2, 0.25) is 0 Å². The number of ketones is 1. The van der Waals surface area contributed by atoms with Crippen molar-refractivity contribution in [3.8, 4) is 0 Å². The van der Waals surface area contributed by atoms with Gasteiger partial charge in [0.1, 0.15) is 5.82 Å². The lowest BCUT2D eigenvalue weighted by Crippen LogP contribution is -2.17. The summed E-state index contributed by atoms with van der Waals surface area (Å²) in [5, 5.41) is 0.131. The van der Waals surface area contributed by atoms with E-state index in [1.165, 1.54) is 19.2 Å². The molecule has 0 unspecified atom stereocenters. The number of carbonyl (C=O) groups excluding carboxylic acids is 1. The molecule has 0 spiro atoms. The van der Waals surface area contributed by atoms with Gasteiger partial charge >= 0.3 is 0 Å². The number of Topliss-reactive ketones (excluding diaryl/α,β-unsaturated/α-hetero) is 1. The molecule has 5 heteroatoms. The minimum absolute atomic E-state index is 0.0420. The molecule has 0 aliphatic rings. The molecule has 1 aromatic heterocycles. The first-order chi connectivity index (χ1) is 8.45. The second kappa shape index (κ2) is 4.53. The number of hydrogen-bond acceptors (Lipinski definition) is 2. The molecule has 0 aliphatic heterocycles. The van der Waals surface area contributed by atoms with E-state index in [-0.39, 0.29) is 21.8 Å². The highest BCUT2D eigenvalue weighted by Gasteiger charge is 2.14. The number of pyridine rings is 1. The van der Waals surface area contributed by atoms with Gasteiger partial charge in [0.25, 0.3) is 0 Å². The van der Waals surface area contributed by atoms with E-state index in [0.29, 0.717) is 12.1 Å². The minimum atomic E-state index is -0.662. The number of rotatable bonds is 2. The van der Waals surface area contributed by atoms with Gasteiger partial charge in [-0.05, 0) is 26.0 Å². The first kappa shape index (κ1) is 12.8. The third-order valence-electron chi connectivity index (χ3n) is 2.84. The van der Waals surface area contributed by atoms with E-state index in [4.69, 9.17) is 11.6 Å². The molecule has 0 radical (unpaired) electrons. The van der Waals surface area contributed by atoms with Gasteiger partial charge in [0.05, 0.1) is 16.1 Å². The van der Waals surface area contributed by atoms with Gasteiger partial charge in [-0.2, -0.15) is 0 Å². The molecule has 0 aliphatic carbocycles. The van der Waals surface area contributed by atoms with Crippen LogP contribution in [-0.2, 0) is 6.54 Å². The third-order valence-corrected chi connectivity index (χ3v) is 3.13. The maximum absolute atomic E-state index is 13.4. The van der Waals surface area contributed by atoms with Crippen LogP contribution in [0.4, 0.5) is 4.39 Å². The summed E-state index contributed by atoms with van der Waals surface area (Å²) < 4.78 is 15.1. The fraction of sp³-hybridized carbons (Fsp3) is 0.231.